The molecule has 0 bridgehead atoms. The molecular weight excluding hydrogens is 392 g/mol. The van der Waals surface area contributed by atoms with Crippen molar-refractivity contribution in [3.05, 3.63) is 47.4 Å². The number of aromatic nitrogens is 4. The molecular formula is C23H26N6O2. The van der Waals surface area contributed by atoms with E-state index in [-0.39, 0.29) is 5.91 Å². The predicted octanol–water partition coefficient (Wildman–Crippen LogP) is 2.83. The van der Waals surface area contributed by atoms with Crippen LogP contribution in [0.25, 0.3) is 11.1 Å². The molecule has 3 aliphatic heterocycles. The van der Waals surface area contributed by atoms with Crippen LogP contribution in [0.3, 0.4) is 0 Å². The Labute approximate surface area is 180 Å². The van der Waals surface area contributed by atoms with Gasteiger partial charge in [0.25, 0.3) is 0 Å². The van der Waals surface area contributed by atoms with Crippen molar-refractivity contribution in [1.82, 2.24) is 24.9 Å². The Morgan fingerprint density at radius 3 is 2.84 bits per heavy atom. The van der Waals surface area contributed by atoms with Crippen molar-refractivity contribution in [3.63, 3.8) is 0 Å². The molecule has 8 nitrogen and oxygen atoms in total. The zero-order valence-electron chi connectivity index (χ0n) is 17.7. The van der Waals surface area contributed by atoms with Gasteiger partial charge in [0.1, 0.15) is 0 Å². The van der Waals surface area contributed by atoms with Gasteiger partial charge in [0.2, 0.25) is 5.91 Å². The van der Waals surface area contributed by atoms with E-state index in [2.05, 4.69) is 38.0 Å². The fourth-order valence-electron chi connectivity index (χ4n) is 4.99. The first-order valence-corrected chi connectivity index (χ1v) is 11.0. The number of aromatic amines is 1. The van der Waals surface area contributed by atoms with E-state index in [1.807, 2.05) is 17.3 Å². The lowest BCUT2D eigenvalue weighted by Crippen LogP contribution is -2.37. The van der Waals surface area contributed by atoms with Gasteiger partial charge in [-0.05, 0) is 36.1 Å². The van der Waals surface area contributed by atoms with E-state index in [0.29, 0.717) is 25.8 Å². The summed E-state index contributed by atoms with van der Waals surface area (Å²) >= 11 is 0. The van der Waals surface area contributed by atoms with E-state index in [1.54, 1.807) is 6.92 Å². The maximum atomic E-state index is 12.1. The molecule has 160 valence electrons. The molecule has 2 aromatic heterocycles. The second kappa shape index (κ2) is 7.23. The Balaban J connectivity index is 1.42. The molecule has 5 heterocycles. The number of ether oxygens (including phenoxy) is 1. The number of H-pyrrole nitrogens is 1. The third-order valence-electron chi connectivity index (χ3n) is 6.76. The summed E-state index contributed by atoms with van der Waals surface area (Å²) in [5.41, 5.74) is 7.29. The quantitative estimate of drug-likeness (QED) is 0.708. The van der Waals surface area contributed by atoms with Crippen molar-refractivity contribution < 1.29 is 9.53 Å². The minimum atomic E-state index is 0.125. The number of aryl methyl sites for hydroxylation is 1. The van der Waals surface area contributed by atoms with Gasteiger partial charge in [0.05, 0.1) is 32.0 Å². The second-order valence-electron chi connectivity index (χ2n) is 8.66. The Morgan fingerprint density at radius 1 is 1.19 bits per heavy atom. The summed E-state index contributed by atoms with van der Waals surface area (Å²) in [4.78, 5) is 16.4. The SMILES string of the molecule is CC(=O)N1CCc2c(c(N3CCCc4cc(-c5cn[nH]c5)ccc43)nn2C2COC2)C1. The lowest BCUT2D eigenvalue weighted by molar-refractivity contribution is -0.129. The number of benzene rings is 1. The molecule has 1 aromatic carbocycles. The first kappa shape index (κ1) is 18.6. The number of hydrogen-bond acceptors (Lipinski definition) is 5. The van der Waals surface area contributed by atoms with Crippen LogP contribution in [0.4, 0.5) is 11.5 Å². The number of fused-ring (bicyclic) bond motifs is 2. The first-order chi connectivity index (χ1) is 15.2. The molecule has 1 amide bonds. The van der Waals surface area contributed by atoms with Crippen LogP contribution in [-0.2, 0) is 28.9 Å². The highest BCUT2D eigenvalue weighted by atomic mass is 16.5. The molecule has 0 unspecified atom stereocenters. The van der Waals surface area contributed by atoms with E-state index >= 15 is 0 Å². The highest BCUT2D eigenvalue weighted by Gasteiger charge is 2.34. The van der Waals surface area contributed by atoms with Gasteiger partial charge in [0.15, 0.2) is 5.82 Å². The minimum absolute atomic E-state index is 0.125. The maximum Gasteiger partial charge on any atom is 0.219 e. The molecule has 0 spiro atoms. The third kappa shape index (κ3) is 3.05. The van der Waals surface area contributed by atoms with Gasteiger partial charge in [-0.1, -0.05) is 6.07 Å². The molecule has 8 heteroatoms. The average molecular weight is 419 g/mol. The van der Waals surface area contributed by atoms with Gasteiger partial charge in [-0.15, -0.1) is 0 Å². The highest BCUT2D eigenvalue weighted by Crippen LogP contribution is 2.40. The average Bonchev–Trinajstić information content (AvgIpc) is 3.40. The van der Waals surface area contributed by atoms with E-state index in [1.165, 1.54) is 28.1 Å². The highest BCUT2D eigenvalue weighted by molar-refractivity contribution is 5.76. The lowest BCUT2D eigenvalue weighted by Gasteiger charge is -2.33. The monoisotopic (exact) mass is 418 g/mol. The molecule has 3 aromatic rings. The van der Waals surface area contributed by atoms with Crippen LogP contribution in [0.1, 0.15) is 36.2 Å². The Hall–Kier alpha value is -3.13. The summed E-state index contributed by atoms with van der Waals surface area (Å²) in [7, 11) is 0. The van der Waals surface area contributed by atoms with Crippen LogP contribution >= 0.6 is 0 Å². The number of rotatable bonds is 3. The van der Waals surface area contributed by atoms with E-state index < -0.39 is 0 Å². The molecule has 0 atom stereocenters. The summed E-state index contributed by atoms with van der Waals surface area (Å²) < 4.78 is 7.63. The largest absolute Gasteiger partial charge is 0.377 e. The number of nitrogens with zero attached hydrogens (tertiary/aromatic N) is 5. The number of anilines is 2. The zero-order chi connectivity index (χ0) is 20.9. The summed E-state index contributed by atoms with van der Waals surface area (Å²) in [5, 5.41) is 12.1. The number of nitrogens with one attached hydrogen (secondary N) is 1. The van der Waals surface area contributed by atoms with Crippen LogP contribution in [-0.4, -0.2) is 57.1 Å². The van der Waals surface area contributed by atoms with Gasteiger partial charge in [-0.2, -0.15) is 10.2 Å². The van der Waals surface area contributed by atoms with Gasteiger partial charge in [-0.25, -0.2) is 0 Å². The summed E-state index contributed by atoms with van der Waals surface area (Å²) in [5.74, 6) is 1.13. The van der Waals surface area contributed by atoms with Gasteiger partial charge in [0, 0.05) is 55.1 Å². The van der Waals surface area contributed by atoms with Crippen molar-refractivity contribution in [2.45, 2.75) is 38.8 Å². The van der Waals surface area contributed by atoms with E-state index in [9.17, 15) is 4.79 Å². The summed E-state index contributed by atoms with van der Waals surface area (Å²) in [6, 6.07) is 6.95. The summed E-state index contributed by atoms with van der Waals surface area (Å²) in [6.45, 7) is 5.41. The molecule has 1 N–H and O–H groups in total. The molecule has 0 radical (unpaired) electrons. The minimum Gasteiger partial charge on any atom is -0.377 e. The second-order valence-corrected chi connectivity index (χ2v) is 8.66. The number of hydrogen-bond donors (Lipinski definition) is 1. The van der Waals surface area contributed by atoms with Crippen molar-refractivity contribution in [3.8, 4) is 11.1 Å². The molecule has 1 saturated heterocycles. The fourth-order valence-corrected chi connectivity index (χ4v) is 4.99. The smallest absolute Gasteiger partial charge is 0.219 e. The van der Waals surface area contributed by atoms with Crippen molar-refractivity contribution >= 4 is 17.4 Å². The van der Waals surface area contributed by atoms with Crippen molar-refractivity contribution in [1.29, 1.82) is 0 Å². The Kier molecular flexibility index (Phi) is 4.34. The van der Waals surface area contributed by atoms with Crippen LogP contribution in [0.2, 0.25) is 0 Å². The number of carbonyl (C=O) groups excluding carboxylic acids is 1. The molecule has 6 rings (SSSR count). The lowest BCUT2D eigenvalue weighted by atomic mass is 9.96. The molecule has 0 saturated carbocycles. The van der Waals surface area contributed by atoms with E-state index in [0.717, 1.165) is 43.7 Å². The van der Waals surface area contributed by atoms with Crippen LogP contribution < -0.4 is 4.90 Å². The molecule has 0 aliphatic carbocycles. The first-order valence-electron chi connectivity index (χ1n) is 11.0. The van der Waals surface area contributed by atoms with Gasteiger partial charge in [-0.3, -0.25) is 14.6 Å². The molecule has 31 heavy (non-hydrogen) atoms. The van der Waals surface area contributed by atoms with Crippen molar-refractivity contribution in [2.75, 3.05) is 31.2 Å². The fraction of sp³-hybridized carbons (Fsp3) is 0.435. The number of carbonyl (C=O) groups is 1. The third-order valence-corrected chi connectivity index (χ3v) is 6.76. The van der Waals surface area contributed by atoms with Crippen LogP contribution in [0.15, 0.2) is 30.6 Å². The zero-order valence-corrected chi connectivity index (χ0v) is 17.7. The van der Waals surface area contributed by atoms with Gasteiger partial charge >= 0.3 is 0 Å². The molecule has 1 fully saturated rings. The van der Waals surface area contributed by atoms with Crippen LogP contribution in [0, 0.1) is 0 Å². The van der Waals surface area contributed by atoms with Crippen LogP contribution in [0.5, 0.6) is 0 Å². The standard InChI is InChI=1S/C23H26N6O2/c1-15(30)27-8-6-22-20(12-27)23(26-29(22)19-13-31-14-19)28-7-2-3-17-9-16(4-5-21(17)28)18-10-24-25-11-18/h4-5,9-11,19H,2-3,6-8,12-14H2,1H3,(H,24,25). The summed E-state index contributed by atoms with van der Waals surface area (Å²) in [6.07, 6.45) is 6.76. The Bertz CT molecular complexity index is 1130. The van der Waals surface area contributed by atoms with E-state index in [4.69, 9.17) is 9.84 Å². The topological polar surface area (TPSA) is 79.3 Å². The van der Waals surface area contributed by atoms with Gasteiger partial charge < -0.3 is 14.5 Å². The van der Waals surface area contributed by atoms with Crippen molar-refractivity contribution in [2.24, 2.45) is 0 Å². The predicted molar refractivity (Wildman–Crippen MR) is 116 cm³/mol. The maximum absolute atomic E-state index is 12.1. The number of amides is 1. The Morgan fingerprint density at radius 2 is 2.10 bits per heavy atom. The normalized spacial score (nSPS) is 18.5. The molecule has 3 aliphatic rings.